The van der Waals surface area contributed by atoms with Crippen LogP contribution in [-0.4, -0.2) is 21.4 Å². The summed E-state index contributed by atoms with van der Waals surface area (Å²) in [5.41, 5.74) is 0.965. The molecule has 134 valence electrons. The number of aromatic nitrogens is 2. The van der Waals surface area contributed by atoms with E-state index < -0.39 is 5.54 Å². The zero-order valence-electron chi connectivity index (χ0n) is 15.1. The van der Waals surface area contributed by atoms with Crippen molar-refractivity contribution in [2.24, 2.45) is 0 Å². The summed E-state index contributed by atoms with van der Waals surface area (Å²) in [5, 5.41) is 5.35. The third-order valence-electron chi connectivity index (χ3n) is 5.09. The Morgan fingerprint density at radius 1 is 0.963 bits per heavy atom. The molecular weight excluding hydrogens is 334 g/mol. The van der Waals surface area contributed by atoms with Gasteiger partial charge in [0.1, 0.15) is 5.54 Å². The SMILES string of the molecule is O=C(NC1(C#Cc2cncc3ccccc23)CCCCC1)c1cccnc1. The highest BCUT2D eigenvalue weighted by Gasteiger charge is 2.32. The third-order valence-corrected chi connectivity index (χ3v) is 5.09. The lowest BCUT2D eigenvalue weighted by atomic mass is 9.81. The van der Waals surface area contributed by atoms with E-state index in [-0.39, 0.29) is 5.91 Å². The van der Waals surface area contributed by atoms with Crippen LogP contribution in [0.4, 0.5) is 0 Å². The van der Waals surface area contributed by atoms with Crippen LogP contribution in [0.5, 0.6) is 0 Å². The Hall–Kier alpha value is -3.19. The maximum absolute atomic E-state index is 12.7. The molecule has 1 fully saturated rings. The average Bonchev–Trinajstić information content (AvgIpc) is 2.73. The molecule has 1 N–H and O–H groups in total. The van der Waals surface area contributed by atoms with Crippen LogP contribution in [0.2, 0.25) is 0 Å². The summed E-state index contributed by atoms with van der Waals surface area (Å²) >= 11 is 0. The molecule has 0 spiro atoms. The maximum atomic E-state index is 12.7. The quantitative estimate of drug-likeness (QED) is 0.704. The minimum atomic E-state index is -0.498. The van der Waals surface area contributed by atoms with Gasteiger partial charge in [-0.15, -0.1) is 0 Å². The number of carbonyl (C=O) groups is 1. The predicted molar refractivity (Wildman–Crippen MR) is 106 cm³/mol. The second-order valence-corrected chi connectivity index (χ2v) is 7.00. The minimum absolute atomic E-state index is 0.115. The Balaban J connectivity index is 1.67. The highest BCUT2D eigenvalue weighted by Crippen LogP contribution is 2.28. The summed E-state index contributed by atoms with van der Waals surface area (Å²) in [5.74, 6) is 6.60. The van der Waals surface area contributed by atoms with Crippen molar-refractivity contribution in [3.8, 4) is 11.8 Å². The van der Waals surface area contributed by atoms with Crippen molar-refractivity contribution in [3.05, 3.63) is 72.3 Å². The molecule has 1 saturated carbocycles. The van der Waals surface area contributed by atoms with Gasteiger partial charge in [-0.05, 0) is 25.0 Å². The normalized spacial score (nSPS) is 15.6. The van der Waals surface area contributed by atoms with E-state index in [1.54, 1.807) is 30.7 Å². The summed E-state index contributed by atoms with van der Waals surface area (Å²) in [6.07, 6.45) is 12.0. The van der Waals surface area contributed by atoms with Gasteiger partial charge in [-0.25, -0.2) is 0 Å². The second-order valence-electron chi connectivity index (χ2n) is 7.00. The molecule has 0 atom stereocenters. The topological polar surface area (TPSA) is 54.9 Å². The van der Waals surface area contributed by atoms with E-state index in [0.29, 0.717) is 5.56 Å². The molecule has 1 aliphatic rings. The van der Waals surface area contributed by atoms with Crippen molar-refractivity contribution in [1.82, 2.24) is 15.3 Å². The molecule has 1 aliphatic carbocycles. The monoisotopic (exact) mass is 355 g/mol. The molecular formula is C23H21N3O. The van der Waals surface area contributed by atoms with Gasteiger partial charge in [-0.3, -0.25) is 14.8 Å². The molecule has 0 unspecified atom stereocenters. The molecule has 0 bridgehead atoms. The van der Waals surface area contributed by atoms with Gasteiger partial charge in [-0.1, -0.05) is 55.4 Å². The van der Waals surface area contributed by atoms with Crippen LogP contribution in [0.1, 0.15) is 48.0 Å². The smallest absolute Gasteiger partial charge is 0.254 e. The van der Waals surface area contributed by atoms with Crippen molar-refractivity contribution in [2.75, 3.05) is 0 Å². The van der Waals surface area contributed by atoms with Gasteiger partial charge in [0.05, 0.1) is 11.1 Å². The van der Waals surface area contributed by atoms with Gasteiger partial charge < -0.3 is 5.32 Å². The number of pyridine rings is 2. The first kappa shape index (κ1) is 17.2. The largest absolute Gasteiger partial charge is 0.336 e. The van der Waals surface area contributed by atoms with Crippen LogP contribution in [-0.2, 0) is 0 Å². The summed E-state index contributed by atoms with van der Waals surface area (Å²) in [6.45, 7) is 0. The Morgan fingerprint density at radius 2 is 1.81 bits per heavy atom. The first-order valence-electron chi connectivity index (χ1n) is 9.34. The fourth-order valence-electron chi connectivity index (χ4n) is 3.63. The summed E-state index contributed by atoms with van der Waals surface area (Å²) in [6, 6.07) is 11.7. The van der Waals surface area contributed by atoms with Crippen LogP contribution in [0, 0.1) is 11.8 Å². The van der Waals surface area contributed by atoms with E-state index in [1.165, 1.54) is 6.42 Å². The van der Waals surface area contributed by atoms with Crippen molar-refractivity contribution >= 4 is 16.7 Å². The van der Waals surface area contributed by atoms with Gasteiger partial charge >= 0.3 is 0 Å². The van der Waals surface area contributed by atoms with E-state index in [1.807, 2.05) is 24.4 Å². The van der Waals surface area contributed by atoms with Gasteiger partial charge in [0.25, 0.3) is 5.91 Å². The molecule has 1 aromatic carbocycles. The van der Waals surface area contributed by atoms with Crippen LogP contribution >= 0.6 is 0 Å². The molecule has 4 nitrogen and oxygen atoms in total. The fourth-order valence-corrected chi connectivity index (χ4v) is 3.63. The second kappa shape index (κ2) is 7.59. The molecule has 0 saturated heterocycles. The van der Waals surface area contributed by atoms with Crippen LogP contribution in [0.25, 0.3) is 10.8 Å². The Labute approximate surface area is 159 Å². The van der Waals surface area contributed by atoms with Crippen molar-refractivity contribution < 1.29 is 4.79 Å². The van der Waals surface area contributed by atoms with Crippen LogP contribution < -0.4 is 5.32 Å². The molecule has 1 amide bonds. The van der Waals surface area contributed by atoms with Gasteiger partial charge in [0.2, 0.25) is 0 Å². The number of fused-ring (bicyclic) bond motifs is 1. The molecule has 0 aliphatic heterocycles. The average molecular weight is 355 g/mol. The lowest BCUT2D eigenvalue weighted by Gasteiger charge is -2.33. The standard InChI is InChI=1S/C23H21N3O/c27-22(20-8-6-14-24-17-20)26-23(11-4-1-5-12-23)13-10-19-16-25-15-18-7-2-3-9-21(18)19/h2-3,6-9,14-17H,1,4-5,11-12H2,(H,26,27). The number of carbonyl (C=O) groups excluding carboxylic acids is 1. The molecule has 27 heavy (non-hydrogen) atoms. The lowest BCUT2D eigenvalue weighted by molar-refractivity contribution is 0.0903. The summed E-state index contributed by atoms with van der Waals surface area (Å²) < 4.78 is 0. The number of hydrogen-bond donors (Lipinski definition) is 1. The number of nitrogens with zero attached hydrogens (tertiary/aromatic N) is 2. The van der Waals surface area contributed by atoms with Crippen molar-refractivity contribution in [3.63, 3.8) is 0 Å². The van der Waals surface area contributed by atoms with Crippen molar-refractivity contribution in [2.45, 2.75) is 37.6 Å². The van der Waals surface area contributed by atoms with Crippen LogP contribution in [0.3, 0.4) is 0 Å². The lowest BCUT2D eigenvalue weighted by Crippen LogP contribution is -2.48. The summed E-state index contributed by atoms with van der Waals surface area (Å²) in [4.78, 5) is 21.1. The highest BCUT2D eigenvalue weighted by atomic mass is 16.1. The maximum Gasteiger partial charge on any atom is 0.254 e. The Kier molecular flexibility index (Phi) is 4.84. The molecule has 3 aromatic rings. The predicted octanol–water partition coefficient (Wildman–Crippen LogP) is 4.11. The van der Waals surface area contributed by atoms with E-state index in [4.69, 9.17) is 0 Å². The van der Waals surface area contributed by atoms with Crippen molar-refractivity contribution in [1.29, 1.82) is 0 Å². The summed E-state index contributed by atoms with van der Waals surface area (Å²) in [7, 11) is 0. The molecule has 2 heterocycles. The van der Waals surface area contributed by atoms with Gasteiger partial charge in [0.15, 0.2) is 0 Å². The zero-order chi connectivity index (χ0) is 18.5. The fraction of sp³-hybridized carbons (Fsp3) is 0.261. The first-order valence-corrected chi connectivity index (χ1v) is 9.34. The number of rotatable bonds is 2. The van der Waals surface area contributed by atoms with E-state index in [9.17, 15) is 4.79 Å². The van der Waals surface area contributed by atoms with E-state index >= 15 is 0 Å². The molecule has 0 radical (unpaired) electrons. The number of amides is 1. The molecule has 2 aromatic heterocycles. The van der Waals surface area contributed by atoms with Gasteiger partial charge in [0, 0.05) is 35.6 Å². The first-order chi connectivity index (χ1) is 13.3. The van der Waals surface area contributed by atoms with Gasteiger partial charge in [-0.2, -0.15) is 0 Å². The molecule has 4 heteroatoms. The minimum Gasteiger partial charge on any atom is -0.336 e. The van der Waals surface area contributed by atoms with E-state index in [2.05, 4.69) is 33.2 Å². The Morgan fingerprint density at radius 3 is 2.63 bits per heavy atom. The third kappa shape index (κ3) is 3.83. The number of hydrogen-bond acceptors (Lipinski definition) is 3. The highest BCUT2D eigenvalue weighted by molar-refractivity contribution is 5.94. The number of nitrogens with one attached hydrogen (secondary N) is 1. The zero-order valence-corrected chi connectivity index (χ0v) is 15.1. The number of benzene rings is 1. The molecule has 4 rings (SSSR count). The van der Waals surface area contributed by atoms with E-state index in [0.717, 1.165) is 42.0 Å². The Bertz CT molecular complexity index is 1010. The van der Waals surface area contributed by atoms with Crippen LogP contribution in [0.15, 0.2) is 61.2 Å².